The lowest BCUT2D eigenvalue weighted by Gasteiger charge is -2.23. The fourth-order valence-electron chi connectivity index (χ4n) is 3.69. The SMILES string of the molecule is CCOC(=O)c1[nH]c(C)c(CN(Cc2ccccc2)S(=O)(=O)c2ccc(NC(C)=O)cc2)c1C. The van der Waals surface area contributed by atoms with Crippen molar-refractivity contribution in [2.45, 2.75) is 45.7 Å². The van der Waals surface area contributed by atoms with Gasteiger partial charge in [0.15, 0.2) is 0 Å². The minimum atomic E-state index is -3.91. The molecule has 8 nitrogen and oxygen atoms in total. The molecule has 2 aromatic carbocycles. The Morgan fingerprint density at radius 2 is 1.65 bits per heavy atom. The number of H-pyrrole nitrogens is 1. The van der Waals surface area contributed by atoms with E-state index < -0.39 is 16.0 Å². The first-order valence-electron chi connectivity index (χ1n) is 10.9. The molecule has 0 saturated heterocycles. The van der Waals surface area contributed by atoms with Crippen molar-refractivity contribution in [1.82, 2.24) is 9.29 Å². The van der Waals surface area contributed by atoms with Crippen LogP contribution in [0.2, 0.25) is 0 Å². The van der Waals surface area contributed by atoms with Gasteiger partial charge in [0, 0.05) is 31.4 Å². The number of carbonyl (C=O) groups is 2. The van der Waals surface area contributed by atoms with Crippen molar-refractivity contribution >= 4 is 27.6 Å². The Labute approximate surface area is 200 Å². The first kappa shape index (κ1) is 25.2. The summed E-state index contributed by atoms with van der Waals surface area (Å²) in [5.41, 5.74) is 3.75. The van der Waals surface area contributed by atoms with E-state index in [1.807, 2.05) is 30.3 Å². The van der Waals surface area contributed by atoms with Crippen molar-refractivity contribution in [2.75, 3.05) is 11.9 Å². The molecule has 0 unspecified atom stereocenters. The van der Waals surface area contributed by atoms with Crippen LogP contribution in [0.3, 0.4) is 0 Å². The van der Waals surface area contributed by atoms with Gasteiger partial charge < -0.3 is 15.0 Å². The summed E-state index contributed by atoms with van der Waals surface area (Å²) in [6, 6.07) is 15.4. The number of sulfonamides is 1. The number of rotatable bonds is 9. The first-order valence-corrected chi connectivity index (χ1v) is 12.3. The number of hydrogen-bond acceptors (Lipinski definition) is 5. The molecule has 34 heavy (non-hydrogen) atoms. The van der Waals surface area contributed by atoms with Crippen molar-refractivity contribution in [3.05, 3.63) is 82.7 Å². The molecule has 0 spiro atoms. The predicted octanol–water partition coefficient (Wildman–Crippen LogP) is 4.16. The zero-order chi connectivity index (χ0) is 24.9. The molecule has 1 amide bonds. The van der Waals surface area contributed by atoms with Crippen LogP contribution in [0, 0.1) is 13.8 Å². The topological polar surface area (TPSA) is 109 Å². The lowest BCUT2D eigenvalue weighted by Crippen LogP contribution is -2.30. The summed E-state index contributed by atoms with van der Waals surface area (Å²) in [6.07, 6.45) is 0. The number of nitrogens with one attached hydrogen (secondary N) is 2. The summed E-state index contributed by atoms with van der Waals surface area (Å²) >= 11 is 0. The second-order valence-corrected chi connectivity index (χ2v) is 9.85. The summed E-state index contributed by atoms with van der Waals surface area (Å²) in [4.78, 5) is 26.8. The Balaban J connectivity index is 1.99. The molecule has 0 aliphatic carbocycles. The maximum atomic E-state index is 13.7. The molecule has 0 atom stereocenters. The Morgan fingerprint density at radius 1 is 1.00 bits per heavy atom. The normalized spacial score (nSPS) is 11.4. The fraction of sp³-hybridized carbons (Fsp3) is 0.280. The minimum Gasteiger partial charge on any atom is -0.461 e. The van der Waals surface area contributed by atoms with E-state index in [9.17, 15) is 18.0 Å². The van der Waals surface area contributed by atoms with Crippen molar-refractivity contribution in [3.8, 4) is 0 Å². The summed E-state index contributed by atoms with van der Waals surface area (Å²) in [5, 5.41) is 2.64. The minimum absolute atomic E-state index is 0.0677. The van der Waals surface area contributed by atoms with Gasteiger partial charge in [-0.05, 0) is 61.7 Å². The van der Waals surface area contributed by atoms with E-state index >= 15 is 0 Å². The second-order valence-electron chi connectivity index (χ2n) is 7.91. The number of anilines is 1. The Kier molecular flexibility index (Phi) is 7.90. The molecule has 1 aromatic heterocycles. The van der Waals surface area contributed by atoms with E-state index in [1.165, 1.54) is 23.4 Å². The van der Waals surface area contributed by atoms with Crippen LogP contribution in [0.5, 0.6) is 0 Å². The summed E-state index contributed by atoms with van der Waals surface area (Å²) in [7, 11) is -3.91. The molecular formula is C25H29N3O5S. The third-order valence-electron chi connectivity index (χ3n) is 5.42. The van der Waals surface area contributed by atoms with Gasteiger partial charge in [-0.25, -0.2) is 13.2 Å². The molecule has 0 bridgehead atoms. The molecule has 0 aliphatic rings. The maximum absolute atomic E-state index is 13.7. The maximum Gasteiger partial charge on any atom is 0.355 e. The third-order valence-corrected chi connectivity index (χ3v) is 7.23. The van der Waals surface area contributed by atoms with Crippen LogP contribution in [-0.4, -0.2) is 36.2 Å². The fourth-order valence-corrected chi connectivity index (χ4v) is 5.08. The van der Waals surface area contributed by atoms with E-state index in [2.05, 4.69) is 10.3 Å². The highest BCUT2D eigenvalue weighted by molar-refractivity contribution is 7.89. The molecule has 180 valence electrons. The number of benzene rings is 2. The molecule has 0 radical (unpaired) electrons. The highest BCUT2D eigenvalue weighted by atomic mass is 32.2. The number of hydrogen-bond donors (Lipinski definition) is 2. The Bertz CT molecular complexity index is 1270. The summed E-state index contributed by atoms with van der Waals surface area (Å²) in [6.45, 7) is 7.16. The van der Waals surface area contributed by atoms with Gasteiger partial charge in [0.1, 0.15) is 5.69 Å². The van der Waals surface area contributed by atoms with Crippen molar-refractivity contribution in [3.63, 3.8) is 0 Å². The molecule has 9 heteroatoms. The smallest absolute Gasteiger partial charge is 0.355 e. The van der Waals surface area contributed by atoms with E-state index in [0.29, 0.717) is 22.6 Å². The number of aromatic nitrogens is 1. The van der Waals surface area contributed by atoms with Gasteiger partial charge in [0.05, 0.1) is 11.5 Å². The predicted molar refractivity (Wildman–Crippen MR) is 130 cm³/mol. The van der Waals surface area contributed by atoms with E-state index in [0.717, 1.165) is 11.1 Å². The van der Waals surface area contributed by atoms with Gasteiger partial charge in [-0.2, -0.15) is 4.31 Å². The quantitative estimate of drug-likeness (QED) is 0.444. The van der Waals surface area contributed by atoms with Crippen LogP contribution >= 0.6 is 0 Å². The van der Waals surface area contributed by atoms with Crippen LogP contribution in [-0.2, 0) is 32.6 Å². The first-order chi connectivity index (χ1) is 16.1. The molecule has 1 heterocycles. The van der Waals surface area contributed by atoms with Gasteiger partial charge >= 0.3 is 5.97 Å². The number of esters is 1. The van der Waals surface area contributed by atoms with Gasteiger partial charge in [0.25, 0.3) is 0 Å². The number of nitrogens with zero attached hydrogens (tertiary/aromatic N) is 1. The standard InChI is InChI=1S/C25H29N3O5S/c1-5-33-25(30)24-17(2)23(18(3)26-24)16-28(15-20-9-7-6-8-10-20)34(31,32)22-13-11-21(12-14-22)27-19(4)29/h6-14,26H,5,15-16H2,1-4H3,(H,27,29). The van der Waals surface area contributed by atoms with Crippen LogP contribution < -0.4 is 5.32 Å². The number of carbonyl (C=O) groups excluding carboxylic acids is 2. The second kappa shape index (κ2) is 10.7. The molecule has 0 aliphatic heterocycles. The average Bonchev–Trinajstić information content (AvgIpc) is 3.08. The van der Waals surface area contributed by atoms with Gasteiger partial charge in [-0.3, -0.25) is 4.79 Å². The third kappa shape index (κ3) is 5.73. The van der Waals surface area contributed by atoms with Crippen LogP contribution in [0.4, 0.5) is 5.69 Å². The van der Waals surface area contributed by atoms with Crippen molar-refractivity contribution in [1.29, 1.82) is 0 Å². The monoisotopic (exact) mass is 483 g/mol. The summed E-state index contributed by atoms with van der Waals surface area (Å²) in [5.74, 6) is -0.711. The highest BCUT2D eigenvalue weighted by Gasteiger charge is 2.28. The summed E-state index contributed by atoms with van der Waals surface area (Å²) < 4.78 is 33.9. The molecule has 0 saturated carbocycles. The Hall–Kier alpha value is -3.43. The van der Waals surface area contributed by atoms with E-state index in [1.54, 1.807) is 32.9 Å². The zero-order valence-electron chi connectivity index (χ0n) is 19.7. The van der Waals surface area contributed by atoms with Crippen LogP contribution in [0.25, 0.3) is 0 Å². The highest BCUT2D eigenvalue weighted by Crippen LogP contribution is 2.26. The van der Waals surface area contributed by atoms with E-state index in [-0.39, 0.29) is 30.5 Å². The largest absolute Gasteiger partial charge is 0.461 e. The Morgan fingerprint density at radius 3 is 2.24 bits per heavy atom. The molecule has 2 N–H and O–H groups in total. The number of aryl methyl sites for hydroxylation is 1. The van der Waals surface area contributed by atoms with Gasteiger partial charge in [-0.1, -0.05) is 30.3 Å². The van der Waals surface area contributed by atoms with E-state index in [4.69, 9.17) is 4.74 Å². The number of amides is 1. The van der Waals surface area contributed by atoms with Crippen LogP contribution in [0.1, 0.15) is 46.7 Å². The molecule has 3 rings (SSSR count). The lowest BCUT2D eigenvalue weighted by atomic mass is 10.1. The van der Waals surface area contributed by atoms with Crippen LogP contribution in [0.15, 0.2) is 59.5 Å². The molecule has 0 fully saturated rings. The molecular weight excluding hydrogens is 454 g/mol. The van der Waals surface area contributed by atoms with Gasteiger partial charge in [0.2, 0.25) is 15.9 Å². The lowest BCUT2D eigenvalue weighted by molar-refractivity contribution is -0.114. The number of ether oxygens (including phenoxy) is 1. The zero-order valence-corrected chi connectivity index (χ0v) is 20.5. The van der Waals surface area contributed by atoms with Crippen molar-refractivity contribution < 1.29 is 22.7 Å². The van der Waals surface area contributed by atoms with Crippen molar-refractivity contribution in [2.24, 2.45) is 0 Å². The van der Waals surface area contributed by atoms with Gasteiger partial charge in [-0.15, -0.1) is 0 Å². The average molecular weight is 484 g/mol. The molecule has 3 aromatic rings. The number of aromatic amines is 1.